The minimum Gasteiger partial charge on any atom is -0.461 e. The van der Waals surface area contributed by atoms with Crippen molar-refractivity contribution in [3.05, 3.63) is 35.9 Å². The predicted molar refractivity (Wildman–Crippen MR) is 94.6 cm³/mol. The third-order valence-electron chi connectivity index (χ3n) is 3.04. The highest BCUT2D eigenvalue weighted by molar-refractivity contribution is 7.54. The summed E-state index contributed by atoms with van der Waals surface area (Å²) in [4.78, 5) is 24.7. The summed E-state index contributed by atoms with van der Waals surface area (Å²) in [5.74, 6) is -1.15. The van der Waals surface area contributed by atoms with Gasteiger partial charge in [0.25, 0.3) is 5.91 Å². The van der Waals surface area contributed by atoms with Gasteiger partial charge in [0.2, 0.25) is 0 Å². The summed E-state index contributed by atoms with van der Waals surface area (Å²) in [6, 6.07) is 7.29. The lowest BCUT2D eigenvalue weighted by Gasteiger charge is -2.23. The molecular weight excluding hydrogens is 345 g/mol. The lowest BCUT2D eigenvalue weighted by Crippen LogP contribution is -2.45. The SMILES string of the molecule is CCOP(=O)(C[C@H](NC(=O)c1ccccc1)C(=O)OC(C)C)OCC. The average Bonchev–Trinajstić information content (AvgIpc) is 2.54. The maximum Gasteiger partial charge on any atom is 0.333 e. The van der Waals surface area contributed by atoms with Crippen LogP contribution in [0.5, 0.6) is 0 Å². The van der Waals surface area contributed by atoms with E-state index >= 15 is 0 Å². The van der Waals surface area contributed by atoms with Crippen LogP contribution in [0.15, 0.2) is 30.3 Å². The van der Waals surface area contributed by atoms with Crippen molar-refractivity contribution in [2.45, 2.75) is 39.8 Å². The number of carbonyl (C=O) groups excluding carboxylic acids is 2. The van der Waals surface area contributed by atoms with Crippen LogP contribution in [-0.2, 0) is 23.1 Å². The van der Waals surface area contributed by atoms with E-state index in [1.807, 2.05) is 0 Å². The summed E-state index contributed by atoms with van der Waals surface area (Å²) >= 11 is 0. The van der Waals surface area contributed by atoms with E-state index in [-0.39, 0.29) is 25.5 Å². The molecule has 1 aromatic rings. The summed E-state index contributed by atoms with van der Waals surface area (Å²) in [6.45, 7) is 7.06. The molecule has 0 radical (unpaired) electrons. The minimum absolute atomic E-state index is 0.163. The fourth-order valence-electron chi connectivity index (χ4n) is 2.08. The molecule has 8 heteroatoms. The first kappa shape index (κ1) is 21.4. The van der Waals surface area contributed by atoms with Crippen molar-refractivity contribution in [3.63, 3.8) is 0 Å². The molecule has 0 aliphatic heterocycles. The summed E-state index contributed by atoms with van der Waals surface area (Å²) in [7, 11) is -3.54. The van der Waals surface area contributed by atoms with Gasteiger partial charge in [-0.2, -0.15) is 0 Å². The van der Waals surface area contributed by atoms with Gasteiger partial charge in [-0.15, -0.1) is 0 Å². The van der Waals surface area contributed by atoms with E-state index in [0.717, 1.165) is 0 Å². The standard InChI is InChI=1S/C17H26NO6P/c1-5-22-25(21,23-6-2)12-15(17(20)24-13(3)4)18-16(19)14-10-8-7-9-11-14/h7-11,13,15H,5-6,12H2,1-4H3,(H,18,19)/t15-/m0/s1. The minimum atomic E-state index is -3.54. The molecule has 1 amide bonds. The number of benzene rings is 1. The molecule has 1 atom stereocenters. The summed E-state index contributed by atoms with van der Waals surface area (Å²) < 4.78 is 28.3. The molecule has 140 valence electrons. The maximum atomic E-state index is 12.7. The quantitative estimate of drug-likeness (QED) is 0.502. The van der Waals surface area contributed by atoms with Crippen molar-refractivity contribution in [1.82, 2.24) is 5.32 Å². The molecule has 1 aromatic carbocycles. The van der Waals surface area contributed by atoms with E-state index in [0.29, 0.717) is 5.56 Å². The smallest absolute Gasteiger partial charge is 0.333 e. The zero-order valence-corrected chi connectivity index (χ0v) is 16.0. The Morgan fingerprint density at radius 3 is 2.12 bits per heavy atom. The largest absolute Gasteiger partial charge is 0.461 e. The fourth-order valence-corrected chi connectivity index (χ4v) is 3.84. The molecule has 0 heterocycles. The van der Waals surface area contributed by atoms with Gasteiger partial charge in [-0.25, -0.2) is 4.79 Å². The van der Waals surface area contributed by atoms with Crippen molar-refractivity contribution in [2.24, 2.45) is 0 Å². The van der Waals surface area contributed by atoms with Crippen molar-refractivity contribution < 1.29 is 27.9 Å². The third-order valence-corrected chi connectivity index (χ3v) is 5.15. The highest BCUT2D eigenvalue weighted by Crippen LogP contribution is 2.48. The number of rotatable bonds is 10. The number of hydrogen-bond acceptors (Lipinski definition) is 6. The van der Waals surface area contributed by atoms with Crippen LogP contribution in [0.25, 0.3) is 0 Å². The Morgan fingerprint density at radius 1 is 1.08 bits per heavy atom. The molecule has 0 aromatic heterocycles. The van der Waals surface area contributed by atoms with Gasteiger partial charge < -0.3 is 19.1 Å². The predicted octanol–water partition coefficient (Wildman–Crippen LogP) is 3.00. The van der Waals surface area contributed by atoms with Gasteiger partial charge in [0.15, 0.2) is 0 Å². The third kappa shape index (κ3) is 7.38. The van der Waals surface area contributed by atoms with Gasteiger partial charge in [0.1, 0.15) is 6.04 Å². The number of hydrogen-bond donors (Lipinski definition) is 1. The monoisotopic (exact) mass is 371 g/mol. The number of nitrogens with one attached hydrogen (secondary N) is 1. The molecule has 25 heavy (non-hydrogen) atoms. The Hall–Kier alpha value is -1.69. The zero-order chi connectivity index (χ0) is 18.9. The normalized spacial score (nSPS) is 12.7. The first-order valence-electron chi connectivity index (χ1n) is 8.25. The zero-order valence-electron chi connectivity index (χ0n) is 15.1. The van der Waals surface area contributed by atoms with Crippen LogP contribution in [0.3, 0.4) is 0 Å². The highest BCUT2D eigenvalue weighted by atomic mass is 31.2. The van der Waals surface area contributed by atoms with Crippen molar-refractivity contribution >= 4 is 19.5 Å². The van der Waals surface area contributed by atoms with E-state index in [9.17, 15) is 14.2 Å². The van der Waals surface area contributed by atoms with Gasteiger partial charge in [0, 0.05) is 5.56 Å². The van der Waals surface area contributed by atoms with Crippen LogP contribution in [0.1, 0.15) is 38.1 Å². The summed E-state index contributed by atoms with van der Waals surface area (Å²) in [5.41, 5.74) is 0.382. The molecule has 1 rings (SSSR count). The Balaban J connectivity index is 2.97. The highest BCUT2D eigenvalue weighted by Gasteiger charge is 2.35. The number of carbonyl (C=O) groups is 2. The molecule has 1 N–H and O–H groups in total. The molecule has 0 saturated heterocycles. The van der Waals surface area contributed by atoms with Crippen molar-refractivity contribution in [3.8, 4) is 0 Å². The first-order valence-corrected chi connectivity index (χ1v) is 9.98. The van der Waals surface area contributed by atoms with Gasteiger partial charge in [-0.3, -0.25) is 9.36 Å². The summed E-state index contributed by atoms with van der Waals surface area (Å²) in [5, 5.41) is 2.57. The summed E-state index contributed by atoms with van der Waals surface area (Å²) in [6.07, 6.45) is -0.666. The Morgan fingerprint density at radius 2 is 1.64 bits per heavy atom. The molecule has 0 spiro atoms. The average molecular weight is 371 g/mol. The lowest BCUT2D eigenvalue weighted by molar-refractivity contribution is -0.149. The van der Waals surface area contributed by atoms with Crippen LogP contribution in [0.2, 0.25) is 0 Å². The van der Waals surface area contributed by atoms with Crippen LogP contribution in [-0.4, -0.2) is 43.4 Å². The Labute approximate surface area is 148 Å². The first-order chi connectivity index (χ1) is 11.8. The molecule has 7 nitrogen and oxygen atoms in total. The van der Waals surface area contributed by atoms with Crippen molar-refractivity contribution in [1.29, 1.82) is 0 Å². The van der Waals surface area contributed by atoms with Crippen LogP contribution in [0, 0.1) is 0 Å². The second-order valence-electron chi connectivity index (χ2n) is 5.51. The van der Waals surface area contributed by atoms with Crippen molar-refractivity contribution in [2.75, 3.05) is 19.4 Å². The molecular formula is C17H26NO6P. The fraction of sp³-hybridized carbons (Fsp3) is 0.529. The molecule has 0 unspecified atom stereocenters. The Kier molecular flexibility index (Phi) is 8.83. The lowest BCUT2D eigenvalue weighted by atomic mass is 10.2. The number of amides is 1. The molecule has 0 saturated carbocycles. The van der Waals surface area contributed by atoms with E-state index in [1.165, 1.54) is 0 Å². The molecule has 0 aliphatic carbocycles. The second-order valence-corrected chi connectivity index (χ2v) is 7.61. The molecule has 0 fully saturated rings. The number of esters is 1. The van der Waals surface area contributed by atoms with Crippen LogP contribution < -0.4 is 5.32 Å². The van der Waals surface area contributed by atoms with Crippen LogP contribution >= 0.6 is 7.60 Å². The van der Waals surface area contributed by atoms with Gasteiger partial charge in [-0.1, -0.05) is 18.2 Å². The van der Waals surface area contributed by atoms with Gasteiger partial charge >= 0.3 is 13.6 Å². The molecule has 0 aliphatic rings. The van der Waals surface area contributed by atoms with E-state index in [1.54, 1.807) is 58.0 Å². The van der Waals surface area contributed by atoms with E-state index < -0.39 is 25.5 Å². The Bertz CT molecular complexity index is 594. The van der Waals surface area contributed by atoms with E-state index in [4.69, 9.17) is 13.8 Å². The molecule has 0 bridgehead atoms. The maximum absolute atomic E-state index is 12.7. The number of ether oxygens (including phenoxy) is 1. The van der Waals surface area contributed by atoms with Gasteiger partial charge in [0.05, 0.1) is 25.5 Å². The van der Waals surface area contributed by atoms with Gasteiger partial charge in [-0.05, 0) is 39.8 Å². The second kappa shape index (κ2) is 10.3. The topological polar surface area (TPSA) is 90.9 Å². The van der Waals surface area contributed by atoms with E-state index in [2.05, 4.69) is 5.32 Å². The van der Waals surface area contributed by atoms with Crippen LogP contribution in [0.4, 0.5) is 0 Å².